The number of aliphatic hydroxyl groups excluding tert-OH is 1. The van der Waals surface area contributed by atoms with Crippen molar-refractivity contribution in [2.45, 2.75) is 40.2 Å². The normalized spacial score (nSPS) is 15.0. The molecule has 1 aliphatic heterocycles. The molecule has 0 atom stereocenters. The van der Waals surface area contributed by atoms with E-state index in [9.17, 15) is 15.2 Å². The maximum absolute atomic E-state index is 10.4. The lowest BCUT2D eigenvalue weighted by atomic mass is 10.1. The molecule has 1 aromatic heterocycles. The lowest BCUT2D eigenvalue weighted by molar-refractivity contribution is -0.389. The van der Waals surface area contributed by atoms with Gasteiger partial charge in [0.2, 0.25) is 0 Å². The fourth-order valence-electron chi connectivity index (χ4n) is 1.80. The summed E-state index contributed by atoms with van der Waals surface area (Å²) >= 11 is 0. The van der Waals surface area contributed by atoms with Crippen LogP contribution in [0.3, 0.4) is 0 Å². The Hall–Kier alpha value is -1.69. The van der Waals surface area contributed by atoms with Gasteiger partial charge in [0.15, 0.2) is 6.20 Å². The van der Waals surface area contributed by atoms with Crippen LogP contribution in [-0.4, -0.2) is 34.2 Å². The third-order valence-electron chi connectivity index (χ3n) is 2.75. The van der Waals surface area contributed by atoms with Crippen LogP contribution in [0.15, 0.2) is 18.3 Å². The van der Waals surface area contributed by atoms with Gasteiger partial charge in [-0.1, -0.05) is 21.3 Å². The van der Waals surface area contributed by atoms with Crippen LogP contribution in [0.1, 0.15) is 34.1 Å². The Kier molecular flexibility index (Phi) is 7.67. The average Bonchev–Trinajstić information content (AvgIpc) is 2.42. The topological polar surface area (TPSA) is 79.5 Å². The van der Waals surface area contributed by atoms with Gasteiger partial charge in [-0.05, 0) is 28.8 Å². The van der Waals surface area contributed by atoms with Gasteiger partial charge in [-0.15, -0.1) is 0 Å². The van der Waals surface area contributed by atoms with Crippen molar-refractivity contribution in [1.29, 1.82) is 0 Å². The molecule has 0 bridgehead atoms. The van der Waals surface area contributed by atoms with Crippen molar-refractivity contribution in [1.82, 2.24) is 4.98 Å². The van der Waals surface area contributed by atoms with E-state index in [0.717, 1.165) is 31.6 Å². The summed E-state index contributed by atoms with van der Waals surface area (Å²) in [5, 5.41) is 19.8. The number of hydrogen-bond acceptors (Lipinski definition) is 5. The number of pyridine rings is 1. The van der Waals surface area contributed by atoms with Crippen molar-refractivity contribution in [3.05, 3.63) is 28.4 Å². The highest BCUT2D eigenvalue weighted by Gasteiger charge is 2.18. The van der Waals surface area contributed by atoms with E-state index in [1.165, 1.54) is 12.3 Å². The fraction of sp³-hybridized carbons (Fsp3) is 0.615. The minimum absolute atomic E-state index is 0. The molecule has 1 aromatic rings. The highest BCUT2D eigenvalue weighted by molar-refractivity contribution is 5.46. The van der Waals surface area contributed by atoms with Crippen molar-refractivity contribution < 1.29 is 10.0 Å². The molecule has 0 spiro atoms. The Bertz CT molecular complexity index is 373. The van der Waals surface area contributed by atoms with E-state index in [0.29, 0.717) is 0 Å². The van der Waals surface area contributed by atoms with E-state index in [2.05, 4.69) is 9.88 Å². The van der Waals surface area contributed by atoms with Gasteiger partial charge in [-0.2, -0.15) is 0 Å². The second-order valence-electron chi connectivity index (χ2n) is 3.85. The van der Waals surface area contributed by atoms with Gasteiger partial charge in [0, 0.05) is 19.2 Å². The fourth-order valence-corrected chi connectivity index (χ4v) is 1.80. The van der Waals surface area contributed by atoms with Gasteiger partial charge in [0.05, 0.1) is 11.8 Å². The summed E-state index contributed by atoms with van der Waals surface area (Å²) in [6, 6.07) is 3.10. The standard InChI is InChI=1S/C10H13N3O3.C2H6.CH4/c14-9-3-5-12(6-4-9)8-1-2-10(11-7-8)13(15)16;1-2;/h1-2,7,9,14H,3-6H2;1-2H3;1H4. The molecule has 2 heterocycles. The zero-order valence-electron chi connectivity index (χ0n) is 10.7. The maximum Gasteiger partial charge on any atom is 0.363 e. The minimum Gasteiger partial charge on any atom is -0.393 e. The molecule has 108 valence electrons. The van der Waals surface area contributed by atoms with Crippen molar-refractivity contribution >= 4 is 11.5 Å². The van der Waals surface area contributed by atoms with Crippen molar-refractivity contribution in [2.24, 2.45) is 0 Å². The summed E-state index contributed by atoms with van der Waals surface area (Å²) in [7, 11) is 0. The van der Waals surface area contributed by atoms with Crippen LogP contribution in [0.25, 0.3) is 0 Å². The smallest absolute Gasteiger partial charge is 0.363 e. The first-order chi connectivity index (χ1) is 8.66. The summed E-state index contributed by atoms with van der Waals surface area (Å²) in [6.07, 6.45) is 2.76. The Morgan fingerprint density at radius 1 is 1.37 bits per heavy atom. The summed E-state index contributed by atoms with van der Waals surface area (Å²) < 4.78 is 0. The highest BCUT2D eigenvalue weighted by atomic mass is 16.6. The summed E-state index contributed by atoms with van der Waals surface area (Å²) in [4.78, 5) is 15.8. The molecule has 0 unspecified atom stereocenters. The summed E-state index contributed by atoms with van der Waals surface area (Å²) in [5.74, 6) is -0.138. The monoisotopic (exact) mass is 269 g/mol. The van der Waals surface area contributed by atoms with Crippen LogP contribution < -0.4 is 4.90 Å². The molecule has 0 saturated carbocycles. The zero-order valence-corrected chi connectivity index (χ0v) is 10.7. The van der Waals surface area contributed by atoms with Crippen molar-refractivity contribution in [2.75, 3.05) is 18.0 Å². The van der Waals surface area contributed by atoms with Crippen LogP contribution in [0.2, 0.25) is 0 Å². The average molecular weight is 269 g/mol. The third kappa shape index (κ3) is 4.82. The first-order valence-electron chi connectivity index (χ1n) is 6.20. The molecule has 1 N–H and O–H groups in total. The molecule has 6 nitrogen and oxygen atoms in total. The molecule has 0 amide bonds. The molecule has 0 radical (unpaired) electrons. The van der Waals surface area contributed by atoms with Crippen LogP contribution in [0.5, 0.6) is 0 Å². The Labute approximate surface area is 114 Å². The molecule has 2 rings (SSSR count). The number of aliphatic hydroxyl groups is 1. The number of nitro groups is 1. The number of piperidine rings is 1. The second kappa shape index (κ2) is 8.42. The second-order valence-corrected chi connectivity index (χ2v) is 3.85. The minimum atomic E-state index is -0.510. The Morgan fingerprint density at radius 2 is 1.95 bits per heavy atom. The molecule has 0 aromatic carbocycles. The SMILES string of the molecule is C.CC.O=[N+]([O-])c1ccc(N2CCC(O)CC2)cn1. The van der Waals surface area contributed by atoms with Gasteiger partial charge in [-0.25, -0.2) is 0 Å². The van der Waals surface area contributed by atoms with Crippen LogP contribution >= 0.6 is 0 Å². The molecule has 6 heteroatoms. The molecule has 19 heavy (non-hydrogen) atoms. The number of aromatic nitrogens is 1. The first-order valence-corrected chi connectivity index (χ1v) is 6.20. The molecular weight excluding hydrogens is 246 g/mol. The lowest BCUT2D eigenvalue weighted by Crippen LogP contribution is -2.35. The zero-order chi connectivity index (χ0) is 13.5. The predicted octanol–water partition coefficient (Wildman–Crippen LogP) is 2.61. The van der Waals surface area contributed by atoms with Crippen molar-refractivity contribution in [3.63, 3.8) is 0 Å². The van der Waals surface area contributed by atoms with Crippen LogP contribution in [0, 0.1) is 10.1 Å². The van der Waals surface area contributed by atoms with Gasteiger partial charge in [0.25, 0.3) is 0 Å². The quantitative estimate of drug-likeness (QED) is 0.659. The van der Waals surface area contributed by atoms with E-state index in [1.54, 1.807) is 6.07 Å². The van der Waals surface area contributed by atoms with E-state index in [1.807, 2.05) is 13.8 Å². The van der Waals surface area contributed by atoms with E-state index in [-0.39, 0.29) is 19.3 Å². The van der Waals surface area contributed by atoms with Gasteiger partial charge >= 0.3 is 5.82 Å². The number of anilines is 1. The third-order valence-corrected chi connectivity index (χ3v) is 2.75. The number of rotatable bonds is 2. The van der Waals surface area contributed by atoms with Gasteiger partial charge in [-0.3, -0.25) is 0 Å². The first kappa shape index (κ1) is 17.3. The van der Waals surface area contributed by atoms with E-state index >= 15 is 0 Å². The Balaban J connectivity index is 0.00000103. The predicted molar refractivity (Wildman–Crippen MR) is 76.4 cm³/mol. The molecule has 1 aliphatic rings. The lowest BCUT2D eigenvalue weighted by Gasteiger charge is -2.30. The molecule has 0 aliphatic carbocycles. The van der Waals surface area contributed by atoms with Gasteiger partial charge < -0.3 is 20.1 Å². The number of nitrogens with zero attached hydrogens (tertiary/aromatic N) is 3. The molecule has 1 fully saturated rings. The largest absolute Gasteiger partial charge is 0.393 e. The summed E-state index contributed by atoms with van der Waals surface area (Å²) in [6.45, 7) is 5.53. The van der Waals surface area contributed by atoms with Gasteiger partial charge in [0.1, 0.15) is 0 Å². The molecule has 1 saturated heterocycles. The van der Waals surface area contributed by atoms with E-state index < -0.39 is 4.92 Å². The summed E-state index contributed by atoms with van der Waals surface area (Å²) in [5.41, 5.74) is 0.873. The highest BCUT2D eigenvalue weighted by Crippen LogP contribution is 2.20. The van der Waals surface area contributed by atoms with Crippen LogP contribution in [0.4, 0.5) is 11.5 Å². The van der Waals surface area contributed by atoms with Crippen LogP contribution in [-0.2, 0) is 0 Å². The van der Waals surface area contributed by atoms with E-state index in [4.69, 9.17) is 0 Å². The maximum atomic E-state index is 10.4. The molecular formula is C13H23N3O3. The number of hydrogen-bond donors (Lipinski definition) is 1. The Morgan fingerprint density at radius 3 is 2.37 bits per heavy atom. The van der Waals surface area contributed by atoms with Crippen molar-refractivity contribution in [3.8, 4) is 0 Å².